The van der Waals surface area contributed by atoms with E-state index in [2.05, 4.69) is 16.1 Å². The van der Waals surface area contributed by atoms with Crippen molar-refractivity contribution in [3.8, 4) is 18.1 Å². The number of ether oxygens (including phenoxy) is 1. The fourth-order valence-electron chi connectivity index (χ4n) is 1.82. The van der Waals surface area contributed by atoms with E-state index in [0.29, 0.717) is 0 Å². The van der Waals surface area contributed by atoms with Crippen LogP contribution in [-0.4, -0.2) is 37.6 Å². The lowest BCUT2D eigenvalue weighted by molar-refractivity contribution is -0.169. The molecule has 0 aromatic heterocycles. The third-order valence-corrected chi connectivity index (χ3v) is 2.93. The Kier molecular flexibility index (Phi) is 4.82. The van der Waals surface area contributed by atoms with Crippen LogP contribution in [0.25, 0.3) is 0 Å². The number of carbonyl (C=O) groups is 2. The Morgan fingerprint density at radius 2 is 2.12 bits per heavy atom. The number of benzene rings is 1. The summed E-state index contributed by atoms with van der Waals surface area (Å²) >= 11 is 0. The molecule has 0 N–H and O–H groups in total. The van der Waals surface area contributed by atoms with Crippen LogP contribution in [0.5, 0.6) is 5.75 Å². The topological polar surface area (TPSA) is 71.3 Å². The van der Waals surface area contributed by atoms with Crippen molar-refractivity contribution in [2.75, 3.05) is 24.6 Å². The van der Waals surface area contributed by atoms with Crippen LogP contribution in [0.4, 0.5) is 28.9 Å². The lowest BCUT2D eigenvalue weighted by atomic mass is 10.2. The zero-order valence-electron chi connectivity index (χ0n) is 11.9. The van der Waals surface area contributed by atoms with Crippen molar-refractivity contribution in [3.63, 3.8) is 0 Å². The Balaban J connectivity index is 2.28. The summed E-state index contributed by atoms with van der Waals surface area (Å²) in [5, 5.41) is 6.31. The maximum Gasteiger partial charge on any atom is 0.452 e. The van der Waals surface area contributed by atoms with Gasteiger partial charge in [-0.15, -0.1) is 6.42 Å². The molecule has 6 nitrogen and oxygen atoms in total. The number of anilines is 1. The number of nitrogens with zero attached hydrogens (tertiary/aromatic N) is 3. The van der Waals surface area contributed by atoms with Crippen molar-refractivity contribution in [2.24, 2.45) is 10.2 Å². The van der Waals surface area contributed by atoms with Crippen LogP contribution in [0.1, 0.15) is 0 Å². The predicted molar refractivity (Wildman–Crippen MR) is 73.5 cm³/mol. The smallest absolute Gasteiger partial charge is 0.452 e. The van der Waals surface area contributed by atoms with Gasteiger partial charge in [0.2, 0.25) is 0 Å². The van der Waals surface area contributed by atoms with Gasteiger partial charge in [-0.2, -0.15) is 23.4 Å². The molecule has 1 aromatic rings. The van der Waals surface area contributed by atoms with E-state index in [1.54, 1.807) is 0 Å². The highest BCUT2D eigenvalue weighted by Gasteiger charge is 2.37. The first-order chi connectivity index (χ1) is 11.2. The van der Waals surface area contributed by atoms with Crippen LogP contribution in [0.2, 0.25) is 0 Å². The van der Waals surface area contributed by atoms with Gasteiger partial charge in [0.15, 0.2) is 12.4 Å². The van der Waals surface area contributed by atoms with E-state index in [-0.39, 0.29) is 24.6 Å². The van der Waals surface area contributed by atoms with Gasteiger partial charge >= 0.3 is 6.18 Å². The van der Waals surface area contributed by atoms with Crippen molar-refractivity contribution < 1.29 is 31.9 Å². The molecule has 1 heterocycles. The van der Waals surface area contributed by atoms with Crippen molar-refractivity contribution in [1.82, 2.24) is 0 Å². The second-order valence-electron chi connectivity index (χ2n) is 4.56. The molecule has 0 fully saturated rings. The van der Waals surface area contributed by atoms with Crippen LogP contribution in [0.15, 0.2) is 22.4 Å². The van der Waals surface area contributed by atoms with Crippen molar-refractivity contribution in [3.05, 3.63) is 17.9 Å². The molecule has 0 saturated carbocycles. The molecule has 0 atom stereocenters. The summed E-state index contributed by atoms with van der Waals surface area (Å²) in [6, 6.07) is 1.96. The number of terminal acetylenes is 1. The van der Waals surface area contributed by atoms with Gasteiger partial charge in [-0.05, 0) is 6.07 Å². The molecule has 0 radical (unpaired) electrons. The molecule has 0 bridgehead atoms. The molecule has 1 aliphatic rings. The number of amides is 1. The molecule has 1 amide bonds. The predicted octanol–water partition coefficient (Wildman–Crippen LogP) is 2.40. The fourth-order valence-corrected chi connectivity index (χ4v) is 1.82. The quantitative estimate of drug-likeness (QED) is 0.479. The normalized spacial score (nSPS) is 14.3. The molecule has 0 spiro atoms. The average Bonchev–Trinajstić information content (AvgIpc) is 2.50. The number of Topliss-reactive ketones (excluding diaryl/α,β-unsaturated/α-hetero) is 1. The summed E-state index contributed by atoms with van der Waals surface area (Å²) in [5.74, 6) is -1.24. The number of alkyl halides is 3. The summed E-state index contributed by atoms with van der Waals surface area (Å²) in [7, 11) is 0. The van der Waals surface area contributed by atoms with E-state index in [0.717, 1.165) is 17.0 Å². The minimum absolute atomic E-state index is 0.0349. The molecule has 2 rings (SSSR count). The number of hydrogen-bond acceptors (Lipinski definition) is 5. The molecule has 126 valence electrons. The largest absolute Gasteiger partial charge is 0.481 e. The number of ketones is 1. The second-order valence-corrected chi connectivity index (χ2v) is 4.56. The molecule has 0 aliphatic carbocycles. The molecular weight excluding hydrogens is 334 g/mol. The molecule has 1 aliphatic heterocycles. The van der Waals surface area contributed by atoms with E-state index in [4.69, 9.17) is 11.2 Å². The van der Waals surface area contributed by atoms with Crippen LogP contribution in [0.3, 0.4) is 0 Å². The number of carbonyl (C=O) groups excluding carboxylic acids is 2. The van der Waals surface area contributed by atoms with E-state index in [1.165, 1.54) is 0 Å². The maximum atomic E-state index is 13.9. The Morgan fingerprint density at radius 3 is 2.75 bits per heavy atom. The van der Waals surface area contributed by atoms with Crippen LogP contribution >= 0.6 is 0 Å². The minimum atomic E-state index is -5.04. The molecule has 24 heavy (non-hydrogen) atoms. The van der Waals surface area contributed by atoms with Crippen molar-refractivity contribution >= 4 is 23.1 Å². The van der Waals surface area contributed by atoms with Crippen LogP contribution in [-0.2, 0) is 9.59 Å². The highest BCUT2D eigenvalue weighted by Crippen LogP contribution is 2.37. The molecule has 1 aromatic carbocycles. The second kappa shape index (κ2) is 6.66. The third-order valence-electron chi connectivity index (χ3n) is 2.93. The monoisotopic (exact) mass is 343 g/mol. The average molecular weight is 343 g/mol. The molecule has 10 heteroatoms. The van der Waals surface area contributed by atoms with Gasteiger partial charge in [0.05, 0.1) is 12.2 Å². The number of azo groups is 1. The van der Waals surface area contributed by atoms with Gasteiger partial charge < -0.3 is 4.74 Å². The summed E-state index contributed by atoms with van der Waals surface area (Å²) in [6.07, 6.45) is 0.112. The minimum Gasteiger partial charge on any atom is -0.481 e. The third kappa shape index (κ3) is 3.68. The Hall–Kier alpha value is -2.96. The zero-order chi connectivity index (χ0) is 17.9. The Labute approximate surface area is 133 Å². The molecule has 0 unspecified atom stereocenters. The van der Waals surface area contributed by atoms with E-state index in [1.807, 2.05) is 0 Å². The van der Waals surface area contributed by atoms with E-state index in [9.17, 15) is 27.2 Å². The number of fused-ring (bicyclic) bond motifs is 1. The van der Waals surface area contributed by atoms with Gasteiger partial charge in [-0.3, -0.25) is 14.5 Å². The summed E-state index contributed by atoms with van der Waals surface area (Å²) < 4.78 is 55.1. The lowest BCUT2D eigenvalue weighted by Crippen LogP contribution is -2.39. The highest BCUT2D eigenvalue weighted by atomic mass is 19.4. The van der Waals surface area contributed by atoms with Gasteiger partial charge in [0.25, 0.3) is 11.7 Å². The van der Waals surface area contributed by atoms with Crippen LogP contribution in [0, 0.1) is 18.2 Å². The first kappa shape index (κ1) is 17.4. The number of halogens is 4. The van der Waals surface area contributed by atoms with E-state index < -0.39 is 35.9 Å². The standard InChI is InChI=1S/C14H9F4N3O3/c1-2-3-21-10-5-9(20-19-6-12(22)14(16,17)18)8(15)4-11(10)24-7-13(21)23/h1,4-5H,3,6-7H2. The highest BCUT2D eigenvalue weighted by molar-refractivity contribution is 5.98. The number of rotatable bonds is 4. The summed E-state index contributed by atoms with van der Waals surface area (Å²) in [4.78, 5) is 23.6. The first-order valence-electron chi connectivity index (χ1n) is 6.41. The van der Waals surface area contributed by atoms with Crippen molar-refractivity contribution in [2.45, 2.75) is 6.18 Å². The molecular formula is C14H9F4N3O3. The van der Waals surface area contributed by atoms with Gasteiger partial charge in [-0.1, -0.05) is 5.92 Å². The first-order valence-corrected chi connectivity index (χ1v) is 6.41. The van der Waals surface area contributed by atoms with Gasteiger partial charge in [0, 0.05) is 6.07 Å². The maximum absolute atomic E-state index is 13.9. The van der Waals surface area contributed by atoms with E-state index >= 15 is 0 Å². The Morgan fingerprint density at radius 1 is 1.42 bits per heavy atom. The fraction of sp³-hybridized carbons (Fsp3) is 0.286. The zero-order valence-corrected chi connectivity index (χ0v) is 11.9. The summed E-state index contributed by atoms with van der Waals surface area (Å²) in [6.45, 7) is -1.71. The lowest BCUT2D eigenvalue weighted by Gasteiger charge is -2.28. The molecule has 0 saturated heterocycles. The number of hydrogen-bond donors (Lipinski definition) is 0. The van der Waals surface area contributed by atoms with Crippen molar-refractivity contribution in [1.29, 1.82) is 0 Å². The Bertz CT molecular complexity index is 753. The van der Waals surface area contributed by atoms with Gasteiger partial charge in [0.1, 0.15) is 18.0 Å². The summed E-state index contributed by atoms with van der Waals surface area (Å²) in [5.41, 5.74) is -0.342. The van der Waals surface area contributed by atoms with Crippen LogP contribution < -0.4 is 9.64 Å². The SMILES string of the molecule is C#CCN1C(=O)COc2cc(F)c(N=NCC(=O)C(F)(F)F)cc21. The van der Waals surface area contributed by atoms with Gasteiger partial charge in [-0.25, -0.2) is 4.39 Å².